The molecule has 1 unspecified atom stereocenters. The van der Waals surface area contributed by atoms with E-state index in [1.54, 1.807) is 11.9 Å². The predicted molar refractivity (Wildman–Crippen MR) is 80.2 cm³/mol. The molecular weight excluding hydrogens is 268 g/mol. The highest BCUT2D eigenvalue weighted by Crippen LogP contribution is 2.16. The molecule has 0 aliphatic carbocycles. The third kappa shape index (κ3) is 4.21. The maximum absolute atomic E-state index is 12.1. The molecule has 1 aliphatic heterocycles. The van der Waals surface area contributed by atoms with Crippen molar-refractivity contribution < 1.29 is 14.3 Å². The second-order valence-electron chi connectivity index (χ2n) is 5.64. The van der Waals surface area contributed by atoms with Gasteiger partial charge in [0.15, 0.2) is 0 Å². The number of likely N-dealkylation sites (N-methyl/N-ethyl adjacent to an activating group) is 1. The molecular formula is C16H22N2O3. The SMILES string of the molecule is Cc1cc(C)cc(OCCN(C)C(=O)C2CNC(=O)C2)c1. The van der Waals surface area contributed by atoms with Crippen LogP contribution in [0.5, 0.6) is 5.75 Å². The van der Waals surface area contributed by atoms with E-state index in [4.69, 9.17) is 4.74 Å². The van der Waals surface area contributed by atoms with Gasteiger partial charge in [-0.15, -0.1) is 0 Å². The Hall–Kier alpha value is -2.04. The van der Waals surface area contributed by atoms with E-state index in [9.17, 15) is 9.59 Å². The van der Waals surface area contributed by atoms with Gasteiger partial charge >= 0.3 is 0 Å². The van der Waals surface area contributed by atoms with Crippen molar-refractivity contribution >= 4 is 11.8 Å². The minimum absolute atomic E-state index is 0.00243. The van der Waals surface area contributed by atoms with E-state index in [-0.39, 0.29) is 17.7 Å². The molecule has 1 saturated heterocycles. The molecule has 1 fully saturated rings. The van der Waals surface area contributed by atoms with E-state index in [2.05, 4.69) is 11.4 Å². The quantitative estimate of drug-likeness (QED) is 0.888. The predicted octanol–water partition coefficient (Wildman–Crippen LogP) is 1.28. The number of benzene rings is 1. The molecule has 0 spiro atoms. The minimum atomic E-state index is -0.233. The number of nitrogens with one attached hydrogen (secondary N) is 1. The molecule has 1 aromatic carbocycles. The molecule has 0 saturated carbocycles. The van der Waals surface area contributed by atoms with E-state index in [0.29, 0.717) is 26.1 Å². The summed E-state index contributed by atoms with van der Waals surface area (Å²) in [7, 11) is 1.75. The Bertz CT molecular complexity index is 522. The van der Waals surface area contributed by atoms with Crippen molar-refractivity contribution in [1.82, 2.24) is 10.2 Å². The van der Waals surface area contributed by atoms with E-state index in [1.165, 1.54) is 0 Å². The minimum Gasteiger partial charge on any atom is -0.492 e. The molecule has 1 atom stereocenters. The van der Waals surface area contributed by atoms with Crippen molar-refractivity contribution in [1.29, 1.82) is 0 Å². The van der Waals surface area contributed by atoms with Crippen molar-refractivity contribution in [2.75, 3.05) is 26.7 Å². The first-order valence-electron chi connectivity index (χ1n) is 7.18. The van der Waals surface area contributed by atoms with Crippen molar-refractivity contribution in [2.45, 2.75) is 20.3 Å². The number of hydrogen-bond donors (Lipinski definition) is 1. The lowest BCUT2D eigenvalue weighted by Gasteiger charge is -2.20. The Labute approximate surface area is 125 Å². The lowest BCUT2D eigenvalue weighted by Crippen LogP contribution is -2.36. The summed E-state index contributed by atoms with van der Waals surface area (Å²) in [5.74, 6) is 0.542. The maximum atomic E-state index is 12.1. The maximum Gasteiger partial charge on any atom is 0.227 e. The fraction of sp³-hybridized carbons (Fsp3) is 0.500. The van der Waals surface area contributed by atoms with Crippen molar-refractivity contribution in [3.8, 4) is 5.75 Å². The van der Waals surface area contributed by atoms with Gasteiger partial charge in [-0.1, -0.05) is 6.07 Å². The molecule has 1 heterocycles. The average molecular weight is 290 g/mol. The lowest BCUT2D eigenvalue weighted by molar-refractivity contribution is -0.134. The van der Waals surface area contributed by atoms with Crippen molar-refractivity contribution in [3.05, 3.63) is 29.3 Å². The fourth-order valence-corrected chi connectivity index (χ4v) is 2.52. The second-order valence-corrected chi connectivity index (χ2v) is 5.64. The van der Waals surface area contributed by atoms with Crippen LogP contribution in [-0.2, 0) is 9.59 Å². The molecule has 0 radical (unpaired) electrons. The van der Waals surface area contributed by atoms with Crippen LogP contribution in [-0.4, -0.2) is 43.5 Å². The van der Waals surface area contributed by atoms with Gasteiger partial charge in [-0.3, -0.25) is 9.59 Å². The summed E-state index contributed by atoms with van der Waals surface area (Å²) in [6.07, 6.45) is 0.293. The molecule has 2 amide bonds. The first-order valence-corrected chi connectivity index (χ1v) is 7.18. The summed E-state index contributed by atoms with van der Waals surface area (Å²) in [6, 6.07) is 6.05. The zero-order valence-corrected chi connectivity index (χ0v) is 12.8. The smallest absolute Gasteiger partial charge is 0.227 e. The molecule has 5 heteroatoms. The molecule has 1 N–H and O–H groups in total. The number of ether oxygens (including phenoxy) is 1. The Balaban J connectivity index is 1.79. The van der Waals surface area contributed by atoms with E-state index < -0.39 is 0 Å². The topological polar surface area (TPSA) is 58.6 Å². The number of carbonyl (C=O) groups excluding carboxylic acids is 2. The highest BCUT2D eigenvalue weighted by atomic mass is 16.5. The van der Waals surface area contributed by atoms with Crippen LogP contribution >= 0.6 is 0 Å². The largest absolute Gasteiger partial charge is 0.492 e. The summed E-state index contributed by atoms with van der Waals surface area (Å²) in [5, 5.41) is 2.68. The third-order valence-electron chi connectivity index (χ3n) is 3.59. The van der Waals surface area contributed by atoms with E-state index in [0.717, 1.165) is 16.9 Å². The molecule has 1 aliphatic rings. The number of rotatable bonds is 5. The highest BCUT2D eigenvalue weighted by molar-refractivity contribution is 5.89. The van der Waals surface area contributed by atoms with Gasteiger partial charge in [0.25, 0.3) is 0 Å². The van der Waals surface area contributed by atoms with Crippen LogP contribution in [0.4, 0.5) is 0 Å². The Morgan fingerprint density at radius 2 is 2.00 bits per heavy atom. The summed E-state index contributed by atoms with van der Waals surface area (Å²) in [6.45, 7) is 5.45. The zero-order chi connectivity index (χ0) is 15.4. The molecule has 0 bridgehead atoms. The van der Waals surface area contributed by atoms with Gasteiger partial charge in [-0.25, -0.2) is 0 Å². The Morgan fingerprint density at radius 3 is 2.57 bits per heavy atom. The molecule has 2 rings (SSSR count). The van der Waals surface area contributed by atoms with Crippen LogP contribution in [0.3, 0.4) is 0 Å². The highest BCUT2D eigenvalue weighted by Gasteiger charge is 2.29. The molecule has 21 heavy (non-hydrogen) atoms. The normalized spacial score (nSPS) is 17.5. The number of amides is 2. The first-order chi connectivity index (χ1) is 9.95. The van der Waals surface area contributed by atoms with Gasteiger partial charge in [-0.05, 0) is 37.1 Å². The standard InChI is InChI=1S/C16H22N2O3/c1-11-6-12(2)8-14(7-11)21-5-4-18(3)16(20)13-9-15(19)17-10-13/h6-8,13H,4-5,9-10H2,1-3H3,(H,17,19). The second kappa shape index (κ2) is 6.61. The van der Waals surface area contributed by atoms with E-state index >= 15 is 0 Å². The van der Waals surface area contributed by atoms with Gasteiger partial charge in [0, 0.05) is 20.0 Å². The third-order valence-corrected chi connectivity index (χ3v) is 3.59. The summed E-state index contributed by atoms with van der Waals surface area (Å²) in [5.41, 5.74) is 2.31. The number of hydrogen-bond acceptors (Lipinski definition) is 3. The van der Waals surface area contributed by atoms with Gasteiger partial charge < -0.3 is 15.0 Å². The fourth-order valence-electron chi connectivity index (χ4n) is 2.52. The van der Waals surface area contributed by atoms with Gasteiger partial charge in [0.1, 0.15) is 12.4 Å². The van der Waals surface area contributed by atoms with Crippen LogP contribution in [0.2, 0.25) is 0 Å². The Kier molecular flexibility index (Phi) is 4.83. The molecule has 1 aromatic rings. The summed E-state index contributed by atoms with van der Waals surface area (Å²) in [4.78, 5) is 24.9. The lowest BCUT2D eigenvalue weighted by atomic mass is 10.1. The van der Waals surface area contributed by atoms with Crippen LogP contribution in [0.25, 0.3) is 0 Å². The molecule has 5 nitrogen and oxygen atoms in total. The number of carbonyl (C=O) groups is 2. The van der Waals surface area contributed by atoms with Crippen molar-refractivity contribution in [2.24, 2.45) is 5.92 Å². The van der Waals surface area contributed by atoms with Gasteiger partial charge in [0.2, 0.25) is 11.8 Å². The van der Waals surface area contributed by atoms with Gasteiger partial charge in [-0.2, -0.15) is 0 Å². The average Bonchev–Trinajstić information content (AvgIpc) is 2.83. The van der Waals surface area contributed by atoms with Crippen LogP contribution < -0.4 is 10.1 Å². The van der Waals surface area contributed by atoms with Crippen LogP contribution in [0.15, 0.2) is 18.2 Å². The number of aryl methyl sites for hydroxylation is 2. The van der Waals surface area contributed by atoms with Gasteiger partial charge in [0.05, 0.1) is 12.5 Å². The zero-order valence-electron chi connectivity index (χ0n) is 12.8. The molecule has 0 aromatic heterocycles. The molecule has 114 valence electrons. The van der Waals surface area contributed by atoms with Crippen LogP contribution in [0, 0.1) is 19.8 Å². The van der Waals surface area contributed by atoms with E-state index in [1.807, 2.05) is 26.0 Å². The summed E-state index contributed by atoms with van der Waals surface area (Å²) >= 11 is 0. The monoisotopic (exact) mass is 290 g/mol. The van der Waals surface area contributed by atoms with Crippen LogP contribution in [0.1, 0.15) is 17.5 Å². The Morgan fingerprint density at radius 1 is 1.33 bits per heavy atom. The number of nitrogens with zero attached hydrogens (tertiary/aromatic N) is 1. The first kappa shape index (κ1) is 15.4. The summed E-state index contributed by atoms with van der Waals surface area (Å²) < 4.78 is 5.70. The van der Waals surface area contributed by atoms with Crippen molar-refractivity contribution in [3.63, 3.8) is 0 Å².